The number of nitrogens with one attached hydrogen (secondary N) is 2. The molecule has 210 valence electrons. The fourth-order valence-electron chi connectivity index (χ4n) is 5.42. The summed E-state index contributed by atoms with van der Waals surface area (Å²) in [5.74, 6) is 0.909. The summed E-state index contributed by atoms with van der Waals surface area (Å²) in [6.07, 6.45) is 3.42. The highest BCUT2D eigenvalue weighted by Crippen LogP contribution is 2.31. The number of aromatic nitrogens is 1. The summed E-state index contributed by atoms with van der Waals surface area (Å²) in [4.78, 5) is 32.6. The van der Waals surface area contributed by atoms with Crippen LogP contribution in [0.4, 0.5) is 11.5 Å². The van der Waals surface area contributed by atoms with Gasteiger partial charge in [0.1, 0.15) is 5.82 Å². The van der Waals surface area contributed by atoms with Crippen LogP contribution in [-0.2, 0) is 0 Å². The fourth-order valence-corrected chi connectivity index (χ4v) is 5.42. The van der Waals surface area contributed by atoms with Crippen molar-refractivity contribution in [1.29, 1.82) is 0 Å². The second kappa shape index (κ2) is 12.4. The van der Waals surface area contributed by atoms with Crippen LogP contribution in [0.5, 0.6) is 0 Å². The van der Waals surface area contributed by atoms with Crippen LogP contribution < -0.4 is 10.6 Å². The maximum Gasteiger partial charge on any atom is 0.257 e. The van der Waals surface area contributed by atoms with E-state index in [0.717, 1.165) is 24.2 Å². The first-order valence-corrected chi connectivity index (χ1v) is 14.4. The van der Waals surface area contributed by atoms with Crippen molar-refractivity contribution in [2.45, 2.75) is 52.5 Å². The quantitative estimate of drug-likeness (QED) is 0.252. The van der Waals surface area contributed by atoms with Gasteiger partial charge >= 0.3 is 0 Å². The molecule has 0 atom stereocenters. The highest BCUT2D eigenvalue weighted by atomic mass is 16.2. The Morgan fingerprint density at radius 3 is 2.22 bits per heavy atom. The normalized spacial score (nSPS) is 13.7. The van der Waals surface area contributed by atoms with Gasteiger partial charge in [0.05, 0.1) is 5.56 Å². The lowest BCUT2D eigenvalue weighted by molar-refractivity contribution is 0.0712. The number of carbonyl (C=O) groups is 2. The Balaban J connectivity index is 1.20. The van der Waals surface area contributed by atoms with Crippen molar-refractivity contribution in [3.63, 3.8) is 0 Å². The van der Waals surface area contributed by atoms with Crippen LogP contribution in [0.2, 0.25) is 0 Å². The van der Waals surface area contributed by atoms with Gasteiger partial charge in [-0.25, -0.2) is 4.98 Å². The number of nitrogens with zero attached hydrogens (tertiary/aromatic N) is 2. The van der Waals surface area contributed by atoms with Crippen LogP contribution in [0.1, 0.15) is 70.0 Å². The molecule has 1 aromatic heterocycles. The van der Waals surface area contributed by atoms with Gasteiger partial charge in [0.15, 0.2) is 0 Å². The highest BCUT2D eigenvalue weighted by molar-refractivity contribution is 6.05. The summed E-state index contributed by atoms with van der Waals surface area (Å²) in [7, 11) is 0. The summed E-state index contributed by atoms with van der Waals surface area (Å²) in [5, 5.41) is 6.18. The molecule has 2 N–H and O–H groups in total. The summed E-state index contributed by atoms with van der Waals surface area (Å²) in [6.45, 7) is 9.55. The molecule has 1 fully saturated rings. The van der Waals surface area contributed by atoms with Crippen molar-refractivity contribution in [3.05, 3.63) is 113 Å². The van der Waals surface area contributed by atoms with Crippen molar-refractivity contribution in [3.8, 4) is 11.1 Å². The molecular formula is C35H38N4O2. The van der Waals surface area contributed by atoms with E-state index in [2.05, 4.69) is 71.1 Å². The van der Waals surface area contributed by atoms with E-state index in [-0.39, 0.29) is 17.9 Å². The number of likely N-dealkylation sites (tertiary alicyclic amines) is 1. The molecule has 0 saturated carbocycles. The largest absolute Gasteiger partial charge is 0.368 e. The molecule has 0 radical (unpaired) electrons. The van der Waals surface area contributed by atoms with E-state index < -0.39 is 0 Å². The van der Waals surface area contributed by atoms with Crippen LogP contribution in [0.15, 0.2) is 85.1 Å². The minimum absolute atomic E-state index is 0.000343. The van der Waals surface area contributed by atoms with E-state index in [1.807, 2.05) is 37.8 Å². The molecule has 6 heteroatoms. The molecule has 1 saturated heterocycles. The summed E-state index contributed by atoms with van der Waals surface area (Å²) in [5.41, 5.74) is 7.68. The number of rotatable bonds is 7. The van der Waals surface area contributed by atoms with Crippen molar-refractivity contribution in [2.24, 2.45) is 0 Å². The standard InChI is InChI=1S/C35H38N4O2/c1-23(2)37-33-16-15-30(22-36-33)34(40)38-32-21-29(10-9-25(32)4)35(41)39-19-17-27(18-20-39)26-11-13-28(14-12-26)31-8-6-5-7-24(31)3/h5-16,21-23,27H,17-20H2,1-4H3,(H,36,37)(H,38,40). The molecule has 1 aliphatic rings. The third-order valence-corrected chi connectivity index (χ3v) is 7.82. The predicted molar refractivity (Wildman–Crippen MR) is 167 cm³/mol. The number of aryl methyl sites for hydroxylation is 2. The number of hydrogen-bond acceptors (Lipinski definition) is 4. The molecule has 2 amide bonds. The topological polar surface area (TPSA) is 74.3 Å². The molecule has 4 aromatic rings. The Bertz CT molecular complexity index is 1520. The Kier molecular flexibility index (Phi) is 8.48. The Labute approximate surface area is 242 Å². The van der Waals surface area contributed by atoms with E-state index in [9.17, 15) is 9.59 Å². The molecule has 1 aliphatic heterocycles. The lowest BCUT2D eigenvalue weighted by atomic mass is 9.88. The SMILES string of the molecule is Cc1ccc(C(=O)N2CCC(c3ccc(-c4ccccc4C)cc3)CC2)cc1NC(=O)c1ccc(NC(C)C)nc1. The van der Waals surface area contributed by atoms with Crippen LogP contribution >= 0.6 is 0 Å². The number of pyridine rings is 1. The number of amides is 2. The Morgan fingerprint density at radius 2 is 1.56 bits per heavy atom. The lowest BCUT2D eigenvalue weighted by Gasteiger charge is -2.32. The van der Waals surface area contributed by atoms with Crippen molar-refractivity contribution in [1.82, 2.24) is 9.88 Å². The molecule has 0 unspecified atom stereocenters. The van der Waals surface area contributed by atoms with Crippen LogP contribution in [0.3, 0.4) is 0 Å². The van der Waals surface area contributed by atoms with E-state index in [4.69, 9.17) is 0 Å². The minimum atomic E-state index is -0.254. The molecule has 3 aromatic carbocycles. The van der Waals surface area contributed by atoms with Gasteiger partial charge in [-0.15, -0.1) is 0 Å². The van der Waals surface area contributed by atoms with Gasteiger partial charge in [0, 0.05) is 36.6 Å². The van der Waals surface area contributed by atoms with Gasteiger partial charge in [-0.05, 0) is 98.5 Å². The van der Waals surface area contributed by atoms with Gasteiger partial charge in [-0.3, -0.25) is 9.59 Å². The number of carbonyl (C=O) groups excluding carboxylic acids is 2. The smallest absolute Gasteiger partial charge is 0.257 e. The zero-order valence-corrected chi connectivity index (χ0v) is 24.3. The number of hydrogen-bond donors (Lipinski definition) is 2. The summed E-state index contributed by atoms with van der Waals surface area (Å²) in [6, 6.07) is 26.7. The molecule has 0 bridgehead atoms. The van der Waals surface area contributed by atoms with Crippen molar-refractivity contribution < 1.29 is 9.59 Å². The van der Waals surface area contributed by atoms with Gasteiger partial charge in [0.25, 0.3) is 11.8 Å². The van der Waals surface area contributed by atoms with Gasteiger partial charge in [0.2, 0.25) is 0 Å². The predicted octanol–water partition coefficient (Wildman–Crippen LogP) is 7.46. The first-order chi connectivity index (χ1) is 19.8. The second-order valence-corrected chi connectivity index (χ2v) is 11.2. The Morgan fingerprint density at radius 1 is 0.854 bits per heavy atom. The third kappa shape index (κ3) is 6.65. The molecule has 5 rings (SSSR count). The number of benzene rings is 3. The molecule has 0 aliphatic carbocycles. The van der Waals surface area contributed by atoms with E-state index in [1.54, 1.807) is 24.4 Å². The van der Waals surface area contributed by atoms with Gasteiger partial charge in [-0.2, -0.15) is 0 Å². The lowest BCUT2D eigenvalue weighted by Crippen LogP contribution is -2.38. The van der Waals surface area contributed by atoms with E-state index >= 15 is 0 Å². The monoisotopic (exact) mass is 546 g/mol. The molecule has 6 nitrogen and oxygen atoms in total. The molecule has 0 spiro atoms. The average molecular weight is 547 g/mol. The van der Waals surface area contributed by atoms with Crippen LogP contribution in [0, 0.1) is 13.8 Å². The third-order valence-electron chi connectivity index (χ3n) is 7.82. The number of piperidine rings is 1. The average Bonchev–Trinajstić information content (AvgIpc) is 2.98. The van der Waals surface area contributed by atoms with E-state index in [1.165, 1.54) is 22.3 Å². The molecule has 2 heterocycles. The van der Waals surface area contributed by atoms with Crippen molar-refractivity contribution in [2.75, 3.05) is 23.7 Å². The minimum Gasteiger partial charge on any atom is -0.368 e. The summed E-state index contributed by atoms with van der Waals surface area (Å²) < 4.78 is 0. The van der Waals surface area contributed by atoms with Crippen LogP contribution in [0.25, 0.3) is 11.1 Å². The van der Waals surface area contributed by atoms with E-state index in [0.29, 0.717) is 35.8 Å². The molecule has 41 heavy (non-hydrogen) atoms. The van der Waals surface area contributed by atoms with Gasteiger partial charge < -0.3 is 15.5 Å². The maximum atomic E-state index is 13.4. The fraction of sp³-hybridized carbons (Fsp3) is 0.286. The highest BCUT2D eigenvalue weighted by Gasteiger charge is 2.25. The van der Waals surface area contributed by atoms with Gasteiger partial charge in [-0.1, -0.05) is 54.6 Å². The summed E-state index contributed by atoms with van der Waals surface area (Å²) >= 11 is 0. The zero-order valence-electron chi connectivity index (χ0n) is 24.3. The molecular weight excluding hydrogens is 508 g/mol. The number of anilines is 2. The Hall–Kier alpha value is -4.45. The first kappa shape index (κ1) is 28.1. The maximum absolute atomic E-state index is 13.4. The van der Waals surface area contributed by atoms with Crippen molar-refractivity contribution >= 4 is 23.3 Å². The second-order valence-electron chi connectivity index (χ2n) is 11.2. The van der Waals surface area contributed by atoms with Crippen LogP contribution in [-0.4, -0.2) is 40.8 Å². The zero-order chi connectivity index (χ0) is 28.9. The first-order valence-electron chi connectivity index (χ1n) is 14.4.